The lowest BCUT2D eigenvalue weighted by atomic mass is 9.27. The lowest BCUT2D eigenvalue weighted by Crippen LogP contribution is -2.73. The van der Waals surface area contributed by atoms with E-state index in [1.807, 2.05) is 6.08 Å². The number of methoxy groups -OCH3 is 2. The van der Waals surface area contributed by atoms with Crippen LogP contribution in [0, 0.1) is 27.1 Å². The largest absolute Gasteiger partial charge is 0.468 e. The zero-order valence-corrected chi connectivity index (χ0v) is 18.2. The highest BCUT2D eigenvalue weighted by molar-refractivity contribution is 6.08. The van der Waals surface area contributed by atoms with Crippen LogP contribution >= 0.6 is 0 Å². The van der Waals surface area contributed by atoms with Crippen molar-refractivity contribution in [3.63, 3.8) is 0 Å². The van der Waals surface area contributed by atoms with Crippen LogP contribution in [0.5, 0.6) is 0 Å². The van der Waals surface area contributed by atoms with Crippen molar-refractivity contribution in [1.82, 2.24) is 0 Å². The third-order valence-corrected chi connectivity index (χ3v) is 5.96. The van der Waals surface area contributed by atoms with Crippen molar-refractivity contribution in [3.05, 3.63) is 22.8 Å². The number of carbonyl (C=O) groups is 2. The lowest BCUT2D eigenvalue weighted by molar-refractivity contribution is -0.171. The number of ether oxygens (including phenoxy) is 2. The monoisotopic (exact) mass is 362 g/mol. The maximum Gasteiger partial charge on any atom is 0.335 e. The average molecular weight is 363 g/mol. The maximum absolute atomic E-state index is 13.3. The molecule has 4 heteroatoms. The number of carbonyl (C=O) groups excluding carboxylic acids is 2. The summed E-state index contributed by atoms with van der Waals surface area (Å²) in [6.45, 7) is 19.2. The minimum Gasteiger partial charge on any atom is -0.468 e. The second kappa shape index (κ2) is 5.46. The molecule has 0 unspecified atom stereocenters. The van der Waals surface area contributed by atoms with Gasteiger partial charge in [-0.05, 0) is 21.8 Å². The Bertz CT molecular complexity index is 719. The molecule has 2 aliphatic rings. The summed E-state index contributed by atoms with van der Waals surface area (Å²) >= 11 is 0. The SMILES string of the molecule is COC(=O)C1=C[C@]2(C(C)(C)C)C(C(C)(C)C)=C(C(C)(C)C)[C@]12C(=O)OC. The standard InChI is InChI=1S/C22H34O4/c1-18(2,3)14-15(19(4,5)6)22(17(24)26-11)13(16(23)25-10)12-21(14,22)20(7,8)9/h12H,1-11H3/t21-,22+/m1/s1. The molecule has 0 saturated carbocycles. The summed E-state index contributed by atoms with van der Waals surface area (Å²) in [5.74, 6) is -0.821. The first-order valence-corrected chi connectivity index (χ1v) is 9.21. The van der Waals surface area contributed by atoms with Gasteiger partial charge in [-0.3, -0.25) is 4.79 Å². The first-order valence-electron chi connectivity index (χ1n) is 9.21. The van der Waals surface area contributed by atoms with Crippen LogP contribution in [0.2, 0.25) is 0 Å². The van der Waals surface area contributed by atoms with Crippen molar-refractivity contribution in [1.29, 1.82) is 0 Å². The third-order valence-electron chi connectivity index (χ3n) is 5.96. The molecular weight excluding hydrogens is 328 g/mol. The van der Waals surface area contributed by atoms with Crippen LogP contribution in [0.15, 0.2) is 22.8 Å². The summed E-state index contributed by atoms with van der Waals surface area (Å²) in [6, 6.07) is 0. The Kier molecular flexibility index (Phi) is 4.36. The summed E-state index contributed by atoms with van der Waals surface area (Å²) in [7, 11) is 2.75. The summed E-state index contributed by atoms with van der Waals surface area (Å²) in [6.07, 6.45) is 1.96. The molecule has 0 fully saturated rings. The van der Waals surface area contributed by atoms with Crippen molar-refractivity contribution in [3.8, 4) is 0 Å². The molecule has 0 amide bonds. The highest BCUT2D eigenvalue weighted by Gasteiger charge is 2.82. The molecular formula is C22H34O4. The van der Waals surface area contributed by atoms with E-state index in [1.165, 1.54) is 19.8 Å². The molecule has 0 spiro atoms. The Morgan fingerprint density at radius 3 is 1.58 bits per heavy atom. The maximum atomic E-state index is 13.3. The highest BCUT2D eigenvalue weighted by atomic mass is 16.5. The number of esters is 2. The topological polar surface area (TPSA) is 52.6 Å². The molecule has 2 atom stereocenters. The van der Waals surface area contributed by atoms with Crippen LogP contribution in [0.3, 0.4) is 0 Å². The molecule has 0 saturated heterocycles. The van der Waals surface area contributed by atoms with Crippen molar-refractivity contribution >= 4 is 11.9 Å². The Labute approximate surface area is 158 Å². The number of hydrogen-bond acceptors (Lipinski definition) is 4. The number of hydrogen-bond donors (Lipinski definition) is 0. The summed E-state index contributed by atoms with van der Waals surface area (Å²) in [5, 5.41) is 0. The molecule has 0 aromatic carbocycles. The normalized spacial score (nSPS) is 28.5. The van der Waals surface area contributed by atoms with E-state index < -0.39 is 16.8 Å². The number of rotatable bonds is 2. The van der Waals surface area contributed by atoms with E-state index in [9.17, 15) is 9.59 Å². The van der Waals surface area contributed by atoms with Gasteiger partial charge in [0.25, 0.3) is 0 Å². The van der Waals surface area contributed by atoms with E-state index >= 15 is 0 Å². The van der Waals surface area contributed by atoms with Crippen LogP contribution in [0.4, 0.5) is 0 Å². The van der Waals surface area contributed by atoms with Crippen molar-refractivity contribution in [2.45, 2.75) is 62.3 Å². The van der Waals surface area contributed by atoms with Gasteiger partial charge in [-0.2, -0.15) is 0 Å². The number of fused-ring (bicyclic) bond motifs is 1. The quantitative estimate of drug-likeness (QED) is 0.528. The average Bonchev–Trinajstić information content (AvgIpc) is 2.43. The van der Waals surface area contributed by atoms with E-state index in [0.717, 1.165) is 5.57 Å². The molecule has 0 aliphatic heterocycles. The van der Waals surface area contributed by atoms with E-state index in [4.69, 9.17) is 9.47 Å². The molecule has 0 N–H and O–H groups in total. The lowest BCUT2D eigenvalue weighted by Gasteiger charge is -2.73. The molecule has 4 nitrogen and oxygen atoms in total. The predicted octanol–water partition coefficient (Wildman–Crippen LogP) is 4.69. The zero-order chi connectivity index (χ0) is 20.5. The van der Waals surface area contributed by atoms with E-state index in [1.54, 1.807) is 0 Å². The molecule has 0 bridgehead atoms. The van der Waals surface area contributed by atoms with Gasteiger partial charge in [-0.25, -0.2) is 4.79 Å². The molecule has 0 radical (unpaired) electrons. The van der Waals surface area contributed by atoms with Crippen LogP contribution in [-0.4, -0.2) is 26.2 Å². The fourth-order valence-corrected chi connectivity index (χ4v) is 5.39. The molecule has 2 aliphatic carbocycles. The van der Waals surface area contributed by atoms with E-state index in [-0.39, 0.29) is 22.2 Å². The van der Waals surface area contributed by atoms with Gasteiger partial charge < -0.3 is 9.47 Å². The van der Waals surface area contributed by atoms with Gasteiger partial charge in [0.2, 0.25) is 0 Å². The van der Waals surface area contributed by atoms with Gasteiger partial charge >= 0.3 is 11.9 Å². The fourth-order valence-electron chi connectivity index (χ4n) is 5.39. The first-order chi connectivity index (χ1) is 11.5. The fraction of sp³-hybridized carbons (Fsp3) is 0.727. The van der Waals surface area contributed by atoms with Gasteiger partial charge in [0.05, 0.1) is 19.8 Å². The number of allylic oxidation sites excluding steroid dienone is 2. The van der Waals surface area contributed by atoms with Gasteiger partial charge in [-0.1, -0.05) is 74.0 Å². The van der Waals surface area contributed by atoms with Gasteiger partial charge in [0.1, 0.15) is 5.41 Å². The van der Waals surface area contributed by atoms with E-state index in [2.05, 4.69) is 62.3 Å². The second-order valence-electron chi connectivity index (χ2n) is 10.6. The molecule has 0 heterocycles. The van der Waals surface area contributed by atoms with Crippen LogP contribution in [0.25, 0.3) is 0 Å². The van der Waals surface area contributed by atoms with Gasteiger partial charge in [0, 0.05) is 5.41 Å². The summed E-state index contributed by atoms with van der Waals surface area (Å²) in [4.78, 5) is 25.9. The van der Waals surface area contributed by atoms with E-state index in [0.29, 0.717) is 5.57 Å². The van der Waals surface area contributed by atoms with Crippen LogP contribution in [0.1, 0.15) is 62.3 Å². The second-order valence-corrected chi connectivity index (χ2v) is 10.6. The smallest absolute Gasteiger partial charge is 0.335 e. The minimum atomic E-state index is -1.08. The molecule has 2 rings (SSSR count). The van der Waals surface area contributed by atoms with Crippen molar-refractivity contribution in [2.24, 2.45) is 27.1 Å². The Hall–Kier alpha value is -1.58. The molecule has 146 valence electrons. The predicted molar refractivity (Wildman–Crippen MR) is 102 cm³/mol. The van der Waals surface area contributed by atoms with Crippen LogP contribution < -0.4 is 0 Å². The molecule has 0 aromatic rings. The summed E-state index contributed by atoms with van der Waals surface area (Å²) < 4.78 is 10.3. The summed E-state index contributed by atoms with van der Waals surface area (Å²) in [5.41, 5.74) is 0.316. The Morgan fingerprint density at radius 1 is 0.808 bits per heavy atom. The molecule has 0 aromatic heterocycles. The van der Waals surface area contributed by atoms with Gasteiger partial charge in [0.15, 0.2) is 0 Å². The Morgan fingerprint density at radius 2 is 1.27 bits per heavy atom. The van der Waals surface area contributed by atoms with Crippen molar-refractivity contribution < 1.29 is 19.1 Å². The zero-order valence-electron chi connectivity index (χ0n) is 18.2. The molecule has 26 heavy (non-hydrogen) atoms. The highest BCUT2D eigenvalue weighted by Crippen LogP contribution is 2.82. The van der Waals surface area contributed by atoms with Gasteiger partial charge in [-0.15, -0.1) is 0 Å². The van der Waals surface area contributed by atoms with Crippen LogP contribution in [-0.2, 0) is 19.1 Å². The Balaban J connectivity index is 3.01. The van der Waals surface area contributed by atoms with Crippen molar-refractivity contribution in [2.75, 3.05) is 14.2 Å². The first kappa shape index (κ1) is 20.7. The third kappa shape index (κ3) is 2.13. The minimum absolute atomic E-state index is 0.147.